The van der Waals surface area contributed by atoms with Crippen LogP contribution in [0.5, 0.6) is 0 Å². The molecule has 0 spiro atoms. The number of likely N-dealkylation sites (tertiary alicyclic amines) is 2. The normalized spacial score (nSPS) is 25.7. The van der Waals surface area contributed by atoms with E-state index in [1.165, 1.54) is 32.4 Å². The number of hydrogen-bond donors (Lipinski definition) is 0. The van der Waals surface area contributed by atoms with Crippen molar-refractivity contribution < 1.29 is 14.4 Å². The molecule has 1 amide bonds. The molecule has 3 heterocycles. The molecule has 6 nitrogen and oxygen atoms in total. The van der Waals surface area contributed by atoms with Crippen LogP contribution in [0.4, 0.5) is 0 Å². The van der Waals surface area contributed by atoms with Gasteiger partial charge in [0.1, 0.15) is 6.10 Å². The minimum absolute atomic E-state index is 0.0939. The molecule has 0 saturated carbocycles. The first kappa shape index (κ1) is 19.0. The van der Waals surface area contributed by atoms with Crippen LogP contribution in [0, 0.1) is 5.92 Å². The van der Waals surface area contributed by atoms with Gasteiger partial charge in [-0.15, -0.1) is 0 Å². The van der Waals surface area contributed by atoms with Gasteiger partial charge in [-0.25, -0.2) is 0 Å². The van der Waals surface area contributed by atoms with E-state index >= 15 is 0 Å². The van der Waals surface area contributed by atoms with Gasteiger partial charge >= 0.3 is 0 Å². The Morgan fingerprint density at radius 1 is 1.12 bits per heavy atom. The lowest BCUT2D eigenvalue weighted by molar-refractivity contribution is -0.130. The lowest BCUT2D eigenvalue weighted by atomic mass is 9.96. The van der Waals surface area contributed by atoms with Crippen LogP contribution in [0.25, 0.3) is 0 Å². The highest BCUT2D eigenvalue weighted by Gasteiger charge is 2.31. The van der Waals surface area contributed by atoms with Crippen LogP contribution < -0.4 is 0 Å². The van der Waals surface area contributed by atoms with Crippen molar-refractivity contribution in [3.05, 3.63) is 0 Å². The van der Waals surface area contributed by atoms with Gasteiger partial charge in [0, 0.05) is 32.5 Å². The Hall–Kier alpha value is -1.30. The molecule has 0 N–H and O–H groups in total. The zero-order chi connectivity index (χ0) is 17.4. The van der Waals surface area contributed by atoms with Gasteiger partial charge in [-0.1, -0.05) is 25.4 Å². The number of carbonyl (C=O) groups excluding carboxylic acids is 1. The van der Waals surface area contributed by atoms with E-state index in [1.54, 1.807) is 6.92 Å². The zero-order valence-electron chi connectivity index (χ0n) is 15.5. The van der Waals surface area contributed by atoms with Crippen molar-refractivity contribution in [1.29, 1.82) is 0 Å². The van der Waals surface area contributed by atoms with Crippen LogP contribution in [0.15, 0.2) is 5.16 Å². The molecule has 0 aromatic rings. The van der Waals surface area contributed by atoms with Crippen LogP contribution in [0.1, 0.15) is 52.9 Å². The van der Waals surface area contributed by atoms with Crippen molar-refractivity contribution in [3.63, 3.8) is 0 Å². The monoisotopic (exact) mass is 339 g/mol. The predicted octanol–water partition coefficient (Wildman–Crippen LogP) is 2.49. The Labute approximate surface area is 146 Å². The van der Waals surface area contributed by atoms with Crippen molar-refractivity contribution in [1.82, 2.24) is 9.80 Å². The van der Waals surface area contributed by atoms with E-state index in [0.29, 0.717) is 12.5 Å². The molecule has 2 fully saturated rings. The van der Waals surface area contributed by atoms with E-state index in [9.17, 15) is 4.79 Å². The number of piperidine rings is 2. The van der Waals surface area contributed by atoms with Crippen molar-refractivity contribution in [2.24, 2.45) is 11.1 Å². The maximum absolute atomic E-state index is 11.4. The summed E-state index contributed by atoms with van der Waals surface area (Å²) >= 11 is 0. The average molecular weight is 339 g/mol. The summed E-state index contributed by atoms with van der Waals surface area (Å²) in [5.41, 5.74) is 0. The van der Waals surface area contributed by atoms with Gasteiger partial charge in [0.25, 0.3) is 0 Å². The summed E-state index contributed by atoms with van der Waals surface area (Å²) in [4.78, 5) is 21.2. The third-order valence-electron chi connectivity index (χ3n) is 4.90. The molecule has 0 aromatic carbocycles. The first-order chi connectivity index (χ1) is 11.7. The molecule has 138 valence electrons. The van der Waals surface area contributed by atoms with E-state index in [1.807, 2.05) is 18.7 Å². The third-order valence-corrected chi connectivity index (χ3v) is 4.90. The first-order valence-corrected chi connectivity index (χ1v) is 9.57. The van der Waals surface area contributed by atoms with Gasteiger partial charge in [-0.05, 0) is 38.8 Å². The standard InChI is InChI=1S/C16H27N3O3.C2H6/c1-13(20)19-9-5-14(6-10-19)16-17-21-12-15(22-16)11-18-7-3-2-4-8-18;1-2/h14-15H,2-12H2,1H3;1-2H3. The molecule has 0 bridgehead atoms. The third kappa shape index (κ3) is 5.36. The summed E-state index contributed by atoms with van der Waals surface area (Å²) < 4.78 is 6.10. The fourth-order valence-electron chi connectivity index (χ4n) is 3.54. The molecule has 2 saturated heterocycles. The maximum Gasteiger partial charge on any atom is 0.229 e. The van der Waals surface area contributed by atoms with Gasteiger partial charge in [0.2, 0.25) is 11.8 Å². The van der Waals surface area contributed by atoms with Gasteiger partial charge in [-0.3, -0.25) is 9.69 Å². The van der Waals surface area contributed by atoms with Crippen molar-refractivity contribution in [2.45, 2.75) is 59.0 Å². The average Bonchev–Trinajstić information content (AvgIpc) is 2.64. The second-order valence-electron chi connectivity index (χ2n) is 6.61. The molecule has 0 aliphatic carbocycles. The van der Waals surface area contributed by atoms with Gasteiger partial charge in [0.05, 0.1) is 0 Å². The molecule has 0 radical (unpaired) electrons. The molecule has 1 unspecified atom stereocenters. The van der Waals surface area contributed by atoms with Gasteiger partial charge < -0.3 is 14.5 Å². The number of ether oxygens (including phenoxy) is 1. The molecular weight excluding hydrogens is 306 g/mol. The predicted molar refractivity (Wildman–Crippen MR) is 94.9 cm³/mol. The Bertz CT molecular complexity index is 414. The summed E-state index contributed by atoms with van der Waals surface area (Å²) in [6.07, 6.45) is 5.85. The van der Waals surface area contributed by atoms with E-state index in [2.05, 4.69) is 10.1 Å². The topological polar surface area (TPSA) is 54.4 Å². The number of oxime groups is 1. The van der Waals surface area contributed by atoms with E-state index in [0.717, 1.165) is 38.4 Å². The molecule has 1 atom stereocenters. The SMILES string of the molecule is CC.CC(=O)N1CCC(C2=NOCC(CN3CCCCC3)O2)CC1. The second kappa shape index (κ2) is 9.87. The number of carbonyl (C=O) groups is 1. The minimum atomic E-state index is 0.0939. The Morgan fingerprint density at radius 2 is 1.79 bits per heavy atom. The highest BCUT2D eigenvalue weighted by Crippen LogP contribution is 2.23. The van der Waals surface area contributed by atoms with E-state index in [-0.39, 0.29) is 12.0 Å². The quantitative estimate of drug-likeness (QED) is 0.793. The minimum Gasteiger partial charge on any atom is -0.470 e. The number of amides is 1. The summed E-state index contributed by atoms with van der Waals surface area (Å²) in [7, 11) is 0. The molecular formula is C18H33N3O3. The molecule has 3 aliphatic heterocycles. The molecule has 24 heavy (non-hydrogen) atoms. The van der Waals surface area contributed by atoms with Crippen LogP contribution in [0.3, 0.4) is 0 Å². The van der Waals surface area contributed by atoms with Crippen molar-refractivity contribution in [2.75, 3.05) is 39.3 Å². The molecule has 3 aliphatic rings. The van der Waals surface area contributed by atoms with Crippen molar-refractivity contribution >= 4 is 11.8 Å². The fourth-order valence-corrected chi connectivity index (χ4v) is 3.54. The summed E-state index contributed by atoms with van der Waals surface area (Å²) in [6.45, 7) is 11.0. The number of rotatable bonds is 3. The summed E-state index contributed by atoms with van der Waals surface area (Å²) in [6, 6.07) is 0. The molecule has 0 aromatic heterocycles. The second-order valence-corrected chi connectivity index (χ2v) is 6.61. The lowest BCUT2D eigenvalue weighted by Gasteiger charge is -2.35. The van der Waals surface area contributed by atoms with Gasteiger partial charge in [-0.2, -0.15) is 0 Å². The first-order valence-electron chi connectivity index (χ1n) is 9.57. The summed E-state index contributed by atoms with van der Waals surface area (Å²) in [5.74, 6) is 1.19. The Balaban J connectivity index is 0.00000100. The van der Waals surface area contributed by atoms with Crippen LogP contribution in [-0.4, -0.2) is 67.0 Å². The van der Waals surface area contributed by atoms with Gasteiger partial charge in [0.15, 0.2) is 6.61 Å². The maximum atomic E-state index is 11.4. The van der Waals surface area contributed by atoms with Crippen molar-refractivity contribution in [3.8, 4) is 0 Å². The van der Waals surface area contributed by atoms with Crippen LogP contribution in [0.2, 0.25) is 0 Å². The number of nitrogens with zero attached hydrogens (tertiary/aromatic N) is 3. The number of hydrogen-bond acceptors (Lipinski definition) is 5. The molecule has 6 heteroatoms. The Morgan fingerprint density at radius 3 is 2.42 bits per heavy atom. The molecule has 3 rings (SSSR count). The zero-order valence-corrected chi connectivity index (χ0v) is 15.5. The van der Waals surface area contributed by atoms with Crippen LogP contribution >= 0.6 is 0 Å². The fraction of sp³-hybridized carbons (Fsp3) is 0.889. The van der Waals surface area contributed by atoms with Crippen LogP contribution in [-0.2, 0) is 14.4 Å². The van der Waals surface area contributed by atoms with E-state index < -0.39 is 0 Å². The lowest BCUT2D eigenvalue weighted by Crippen LogP contribution is -2.45. The highest BCUT2D eigenvalue weighted by molar-refractivity contribution is 5.79. The largest absolute Gasteiger partial charge is 0.470 e. The summed E-state index contributed by atoms with van der Waals surface area (Å²) in [5, 5.41) is 4.14. The highest BCUT2D eigenvalue weighted by atomic mass is 16.7. The van der Waals surface area contributed by atoms with E-state index in [4.69, 9.17) is 9.57 Å². The smallest absolute Gasteiger partial charge is 0.229 e. The Kier molecular flexibility index (Phi) is 7.82.